The summed E-state index contributed by atoms with van der Waals surface area (Å²) >= 11 is 0. The molecule has 19 heavy (non-hydrogen) atoms. The standard InChI is InChI=1S/C14H17N3O.ClH/c15-12-8-10-2-1-5-17-13(10)9-14(12)18-11-3-6-16-7-4-11;/h1-2,5,8-9,11,16H,3-4,6-7,15H2;1H. The highest BCUT2D eigenvalue weighted by atomic mass is 35.5. The Balaban J connectivity index is 0.00000133. The number of anilines is 1. The van der Waals surface area contributed by atoms with E-state index in [1.54, 1.807) is 6.20 Å². The minimum atomic E-state index is 0. The second kappa shape index (κ2) is 6.08. The highest BCUT2D eigenvalue weighted by Crippen LogP contribution is 2.28. The highest BCUT2D eigenvalue weighted by molar-refractivity contribution is 5.85. The predicted molar refractivity (Wildman–Crippen MR) is 79.9 cm³/mol. The number of nitrogens with two attached hydrogens (primary N) is 1. The number of benzene rings is 1. The van der Waals surface area contributed by atoms with Gasteiger partial charge >= 0.3 is 0 Å². The molecule has 2 heterocycles. The predicted octanol–water partition coefficient (Wildman–Crippen LogP) is 2.37. The van der Waals surface area contributed by atoms with Gasteiger partial charge in [-0.3, -0.25) is 4.98 Å². The van der Waals surface area contributed by atoms with Crippen LogP contribution >= 0.6 is 12.4 Å². The Morgan fingerprint density at radius 3 is 2.84 bits per heavy atom. The molecule has 0 unspecified atom stereocenters. The summed E-state index contributed by atoms with van der Waals surface area (Å²) < 4.78 is 5.99. The van der Waals surface area contributed by atoms with Crippen LogP contribution in [0.15, 0.2) is 30.5 Å². The van der Waals surface area contributed by atoms with E-state index in [-0.39, 0.29) is 18.5 Å². The molecule has 1 aromatic heterocycles. The van der Waals surface area contributed by atoms with Gasteiger partial charge in [0.2, 0.25) is 0 Å². The summed E-state index contributed by atoms with van der Waals surface area (Å²) in [6.45, 7) is 2.02. The Labute approximate surface area is 118 Å². The highest BCUT2D eigenvalue weighted by Gasteiger charge is 2.16. The number of nitrogen functional groups attached to an aromatic ring is 1. The van der Waals surface area contributed by atoms with Gasteiger partial charge in [0, 0.05) is 17.6 Å². The van der Waals surface area contributed by atoms with Crippen LogP contribution in [0.4, 0.5) is 5.69 Å². The average molecular weight is 280 g/mol. The summed E-state index contributed by atoms with van der Waals surface area (Å²) in [7, 11) is 0. The number of pyridine rings is 1. The number of rotatable bonds is 2. The van der Waals surface area contributed by atoms with E-state index in [0.29, 0.717) is 5.69 Å². The van der Waals surface area contributed by atoms with Crippen molar-refractivity contribution in [1.82, 2.24) is 10.3 Å². The molecule has 0 amide bonds. The third-order valence-corrected chi connectivity index (χ3v) is 3.31. The largest absolute Gasteiger partial charge is 0.488 e. The van der Waals surface area contributed by atoms with Crippen LogP contribution in [0.3, 0.4) is 0 Å². The van der Waals surface area contributed by atoms with Gasteiger partial charge in [-0.05, 0) is 38.1 Å². The normalized spacial score (nSPS) is 16.0. The molecule has 4 nitrogen and oxygen atoms in total. The maximum atomic E-state index is 6.04. The molecular formula is C14H18ClN3O. The van der Waals surface area contributed by atoms with Crippen molar-refractivity contribution in [1.29, 1.82) is 0 Å². The molecule has 0 spiro atoms. The van der Waals surface area contributed by atoms with Gasteiger partial charge in [0.05, 0.1) is 11.2 Å². The van der Waals surface area contributed by atoms with Crippen LogP contribution in [0.25, 0.3) is 10.9 Å². The first-order valence-electron chi connectivity index (χ1n) is 6.34. The summed E-state index contributed by atoms with van der Waals surface area (Å²) in [6.07, 6.45) is 4.10. The maximum absolute atomic E-state index is 6.04. The minimum absolute atomic E-state index is 0. The lowest BCUT2D eigenvalue weighted by Gasteiger charge is -2.24. The number of aromatic nitrogens is 1. The van der Waals surface area contributed by atoms with Crippen molar-refractivity contribution in [3.63, 3.8) is 0 Å². The summed E-state index contributed by atoms with van der Waals surface area (Å²) in [4.78, 5) is 4.33. The Morgan fingerprint density at radius 2 is 2.05 bits per heavy atom. The van der Waals surface area contributed by atoms with E-state index in [2.05, 4.69) is 10.3 Å². The first-order chi connectivity index (χ1) is 8.83. The van der Waals surface area contributed by atoms with Crippen molar-refractivity contribution in [2.75, 3.05) is 18.8 Å². The number of halogens is 1. The van der Waals surface area contributed by atoms with Gasteiger partial charge < -0.3 is 15.8 Å². The van der Waals surface area contributed by atoms with E-state index in [9.17, 15) is 0 Å². The zero-order chi connectivity index (χ0) is 12.4. The average Bonchev–Trinajstić information content (AvgIpc) is 2.41. The molecule has 3 N–H and O–H groups in total. The summed E-state index contributed by atoms with van der Waals surface area (Å²) in [6, 6.07) is 7.79. The van der Waals surface area contributed by atoms with Gasteiger partial charge in [-0.15, -0.1) is 12.4 Å². The van der Waals surface area contributed by atoms with E-state index in [4.69, 9.17) is 10.5 Å². The van der Waals surface area contributed by atoms with Crippen molar-refractivity contribution < 1.29 is 4.74 Å². The zero-order valence-corrected chi connectivity index (χ0v) is 11.5. The molecule has 5 heteroatoms. The molecular weight excluding hydrogens is 262 g/mol. The lowest BCUT2D eigenvalue weighted by Crippen LogP contribution is -2.34. The third kappa shape index (κ3) is 3.08. The maximum Gasteiger partial charge on any atom is 0.144 e. The number of fused-ring (bicyclic) bond motifs is 1. The lowest BCUT2D eigenvalue weighted by atomic mass is 10.1. The zero-order valence-electron chi connectivity index (χ0n) is 10.6. The van der Waals surface area contributed by atoms with Crippen LogP contribution in [0.1, 0.15) is 12.8 Å². The van der Waals surface area contributed by atoms with Gasteiger partial charge in [0.25, 0.3) is 0 Å². The number of hydrogen-bond acceptors (Lipinski definition) is 4. The molecule has 1 saturated heterocycles. The fraction of sp³-hybridized carbons (Fsp3) is 0.357. The van der Waals surface area contributed by atoms with Gasteiger partial charge in [-0.2, -0.15) is 0 Å². The second-order valence-electron chi connectivity index (χ2n) is 4.65. The molecule has 1 aliphatic heterocycles. The first kappa shape index (κ1) is 13.9. The SMILES string of the molecule is Cl.Nc1cc2cccnc2cc1OC1CCNCC1. The molecule has 3 rings (SSSR count). The van der Waals surface area contributed by atoms with E-state index >= 15 is 0 Å². The number of hydrogen-bond donors (Lipinski definition) is 2. The van der Waals surface area contributed by atoms with E-state index in [1.807, 2.05) is 24.3 Å². The van der Waals surface area contributed by atoms with Crippen LogP contribution in [0, 0.1) is 0 Å². The van der Waals surface area contributed by atoms with Crippen molar-refractivity contribution in [3.05, 3.63) is 30.5 Å². The number of ether oxygens (including phenoxy) is 1. The molecule has 0 atom stereocenters. The van der Waals surface area contributed by atoms with Gasteiger partial charge in [-0.1, -0.05) is 6.07 Å². The molecule has 0 saturated carbocycles. The number of nitrogens with one attached hydrogen (secondary N) is 1. The second-order valence-corrected chi connectivity index (χ2v) is 4.65. The molecule has 0 radical (unpaired) electrons. The Bertz CT molecular complexity index is 555. The molecule has 2 aromatic rings. The minimum Gasteiger partial charge on any atom is -0.488 e. The lowest BCUT2D eigenvalue weighted by molar-refractivity contribution is 0.163. The molecule has 102 valence electrons. The Kier molecular flexibility index (Phi) is 4.45. The summed E-state index contributed by atoms with van der Waals surface area (Å²) in [5.74, 6) is 0.758. The smallest absolute Gasteiger partial charge is 0.144 e. The van der Waals surface area contributed by atoms with Crippen LogP contribution in [-0.4, -0.2) is 24.2 Å². The van der Waals surface area contributed by atoms with E-state index in [0.717, 1.165) is 42.6 Å². The topological polar surface area (TPSA) is 60.2 Å². The van der Waals surface area contributed by atoms with Crippen LogP contribution < -0.4 is 15.8 Å². The van der Waals surface area contributed by atoms with Crippen LogP contribution in [-0.2, 0) is 0 Å². The van der Waals surface area contributed by atoms with Crippen molar-refractivity contribution >= 4 is 29.0 Å². The third-order valence-electron chi connectivity index (χ3n) is 3.31. The molecule has 1 aliphatic rings. The Hall–Kier alpha value is -1.52. The quantitative estimate of drug-likeness (QED) is 0.829. The van der Waals surface area contributed by atoms with Crippen LogP contribution in [0.5, 0.6) is 5.75 Å². The molecule has 0 aliphatic carbocycles. The van der Waals surface area contributed by atoms with Gasteiger partial charge in [0.15, 0.2) is 0 Å². The van der Waals surface area contributed by atoms with Crippen molar-refractivity contribution in [2.24, 2.45) is 0 Å². The monoisotopic (exact) mass is 279 g/mol. The summed E-state index contributed by atoms with van der Waals surface area (Å²) in [5, 5.41) is 4.37. The first-order valence-corrected chi connectivity index (χ1v) is 6.34. The Morgan fingerprint density at radius 1 is 1.26 bits per heavy atom. The van der Waals surface area contributed by atoms with Gasteiger partial charge in [-0.25, -0.2) is 0 Å². The van der Waals surface area contributed by atoms with Crippen LogP contribution in [0.2, 0.25) is 0 Å². The number of piperidine rings is 1. The molecule has 1 fully saturated rings. The van der Waals surface area contributed by atoms with Crippen molar-refractivity contribution in [2.45, 2.75) is 18.9 Å². The fourth-order valence-corrected chi connectivity index (χ4v) is 2.31. The molecule has 0 bridgehead atoms. The molecule has 1 aromatic carbocycles. The van der Waals surface area contributed by atoms with Crippen molar-refractivity contribution in [3.8, 4) is 5.75 Å². The number of nitrogens with zero attached hydrogens (tertiary/aromatic N) is 1. The fourth-order valence-electron chi connectivity index (χ4n) is 2.31. The van der Waals surface area contributed by atoms with Gasteiger partial charge in [0.1, 0.15) is 11.9 Å². The summed E-state index contributed by atoms with van der Waals surface area (Å²) in [5.41, 5.74) is 7.65. The van der Waals surface area contributed by atoms with E-state index in [1.165, 1.54) is 0 Å². The van der Waals surface area contributed by atoms with E-state index < -0.39 is 0 Å².